The van der Waals surface area contributed by atoms with Gasteiger partial charge in [-0.1, -0.05) is 24.3 Å². The Morgan fingerprint density at radius 2 is 0.957 bits per heavy atom. The van der Waals surface area contributed by atoms with E-state index in [-0.39, 0.29) is 6.04 Å². The van der Waals surface area contributed by atoms with E-state index in [2.05, 4.69) is 86.3 Å². The third kappa shape index (κ3) is 6.65. The molecular formula is C40H48N2O5. The maximum absolute atomic E-state index is 6.45. The van der Waals surface area contributed by atoms with Crippen molar-refractivity contribution in [2.24, 2.45) is 0 Å². The summed E-state index contributed by atoms with van der Waals surface area (Å²) in [5.74, 6) is 4.24. The van der Waals surface area contributed by atoms with Gasteiger partial charge in [0.15, 0.2) is 34.5 Å². The van der Waals surface area contributed by atoms with Crippen LogP contribution in [0.5, 0.6) is 34.5 Å². The van der Waals surface area contributed by atoms with Crippen LogP contribution in [0.4, 0.5) is 0 Å². The summed E-state index contributed by atoms with van der Waals surface area (Å²) in [7, 11) is 11.2. The molecule has 0 aliphatic carbocycles. The summed E-state index contributed by atoms with van der Waals surface area (Å²) >= 11 is 0. The first-order valence-electron chi connectivity index (χ1n) is 16.5. The van der Waals surface area contributed by atoms with Crippen molar-refractivity contribution >= 4 is 0 Å². The summed E-state index contributed by atoms with van der Waals surface area (Å²) in [6.45, 7) is 6.45. The lowest BCUT2D eigenvalue weighted by atomic mass is 9.86. The maximum Gasteiger partial charge on any atom is 0.169 e. The zero-order chi connectivity index (χ0) is 33.2. The Kier molecular flexibility index (Phi) is 9.67. The lowest BCUT2D eigenvalue weighted by molar-refractivity contribution is 0.227. The number of rotatable bonds is 10. The molecule has 6 rings (SSSR count). The van der Waals surface area contributed by atoms with E-state index in [1.54, 1.807) is 28.4 Å². The Morgan fingerprint density at radius 3 is 1.47 bits per heavy atom. The molecule has 47 heavy (non-hydrogen) atoms. The molecule has 0 saturated heterocycles. The fraction of sp³-hybridized carbons (Fsp3) is 0.400. The highest BCUT2D eigenvalue weighted by molar-refractivity contribution is 5.52. The molecule has 0 amide bonds. The van der Waals surface area contributed by atoms with Gasteiger partial charge in [-0.15, -0.1) is 0 Å². The van der Waals surface area contributed by atoms with Gasteiger partial charge in [-0.25, -0.2) is 0 Å². The molecule has 0 N–H and O–H groups in total. The summed E-state index contributed by atoms with van der Waals surface area (Å²) in [6.07, 6.45) is 3.79. The Bertz CT molecular complexity index is 1750. The van der Waals surface area contributed by atoms with E-state index in [0.29, 0.717) is 29.0 Å². The van der Waals surface area contributed by atoms with Gasteiger partial charge >= 0.3 is 0 Å². The predicted octanol–water partition coefficient (Wildman–Crippen LogP) is 7.67. The van der Waals surface area contributed by atoms with Crippen molar-refractivity contribution in [2.45, 2.75) is 51.6 Å². The van der Waals surface area contributed by atoms with Crippen LogP contribution in [0.2, 0.25) is 0 Å². The molecule has 7 heteroatoms. The second-order valence-electron chi connectivity index (χ2n) is 13.0. The standard InChI is InChI=1S/C40H48N2O5/c1-25-17-29-13-15-41(3)33(31(29)18-26(25)2)19-27-9-11-35(37(21-27)43-5)47-36-12-10-28(22-38(36)44-6)20-34-32-24-40(46-8)39(45-7)23-30(32)14-16-42(34)4/h9-12,17-18,21-24,33-34H,13-16,19-20H2,1-8H3/t33-,34-/m1/s1. The number of hydrogen-bond acceptors (Lipinski definition) is 7. The number of methoxy groups -OCH3 is 4. The summed E-state index contributed by atoms with van der Waals surface area (Å²) in [5.41, 5.74) is 10.6. The van der Waals surface area contributed by atoms with Gasteiger partial charge in [0.05, 0.1) is 28.4 Å². The number of hydrogen-bond donors (Lipinski definition) is 0. The van der Waals surface area contributed by atoms with Gasteiger partial charge in [0, 0.05) is 25.2 Å². The number of ether oxygens (including phenoxy) is 5. The minimum Gasteiger partial charge on any atom is -0.493 e. The van der Waals surface area contributed by atoms with E-state index in [4.69, 9.17) is 23.7 Å². The molecule has 4 aromatic rings. The number of likely N-dealkylation sites (N-methyl/N-ethyl adjacent to an activating group) is 2. The maximum atomic E-state index is 6.45. The molecule has 2 atom stereocenters. The van der Waals surface area contributed by atoms with Crippen LogP contribution in [0.25, 0.3) is 0 Å². The van der Waals surface area contributed by atoms with Crippen molar-refractivity contribution in [3.63, 3.8) is 0 Å². The first-order chi connectivity index (χ1) is 22.7. The van der Waals surface area contributed by atoms with Gasteiger partial charge in [-0.05, 0) is 135 Å². The first kappa shape index (κ1) is 32.7. The van der Waals surface area contributed by atoms with Crippen LogP contribution in [0.1, 0.15) is 56.6 Å². The highest BCUT2D eigenvalue weighted by Gasteiger charge is 2.28. The molecule has 4 aromatic carbocycles. The Hall–Kier alpha value is -4.20. The van der Waals surface area contributed by atoms with Crippen LogP contribution in [0.15, 0.2) is 60.7 Å². The van der Waals surface area contributed by atoms with Crippen LogP contribution in [-0.2, 0) is 25.7 Å². The summed E-state index contributed by atoms with van der Waals surface area (Å²) in [5, 5.41) is 0. The quantitative estimate of drug-likeness (QED) is 0.177. The van der Waals surface area contributed by atoms with Gasteiger partial charge < -0.3 is 23.7 Å². The average Bonchev–Trinajstić information content (AvgIpc) is 3.08. The molecule has 0 unspecified atom stereocenters. The highest BCUT2D eigenvalue weighted by atomic mass is 16.5. The lowest BCUT2D eigenvalue weighted by Crippen LogP contribution is -2.33. The van der Waals surface area contributed by atoms with Gasteiger partial charge in [-0.2, -0.15) is 0 Å². The molecular weight excluding hydrogens is 588 g/mol. The smallest absolute Gasteiger partial charge is 0.169 e. The number of nitrogens with zero attached hydrogens (tertiary/aromatic N) is 2. The molecule has 0 saturated carbocycles. The van der Waals surface area contributed by atoms with Crippen molar-refractivity contribution in [3.05, 3.63) is 105 Å². The van der Waals surface area contributed by atoms with Crippen LogP contribution in [0.3, 0.4) is 0 Å². The van der Waals surface area contributed by atoms with Crippen molar-refractivity contribution in [1.29, 1.82) is 0 Å². The molecule has 248 valence electrons. The zero-order valence-corrected chi connectivity index (χ0v) is 29.1. The minimum atomic E-state index is 0.200. The fourth-order valence-corrected chi connectivity index (χ4v) is 7.21. The van der Waals surface area contributed by atoms with E-state index < -0.39 is 0 Å². The largest absolute Gasteiger partial charge is 0.493 e. The minimum absolute atomic E-state index is 0.200. The SMILES string of the molecule is COc1cc2c(cc1OC)[C@@H](Cc1ccc(Oc3ccc(C[C@@H]4c5cc(C)c(C)cc5CCN4C)cc3OC)c(OC)c1)N(C)CC2. The molecule has 0 bridgehead atoms. The van der Waals surface area contributed by atoms with Gasteiger partial charge in [0.1, 0.15) is 0 Å². The van der Waals surface area contributed by atoms with Gasteiger partial charge in [-0.3, -0.25) is 9.80 Å². The zero-order valence-electron chi connectivity index (χ0n) is 29.1. The van der Waals surface area contributed by atoms with Crippen LogP contribution in [-0.4, -0.2) is 65.4 Å². The fourth-order valence-electron chi connectivity index (χ4n) is 7.21. The number of benzene rings is 4. The van der Waals surface area contributed by atoms with E-state index in [1.165, 1.54) is 44.5 Å². The number of aryl methyl sites for hydroxylation is 2. The first-order valence-corrected chi connectivity index (χ1v) is 16.5. The van der Waals surface area contributed by atoms with Crippen LogP contribution in [0, 0.1) is 13.8 Å². The van der Waals surface area contributed by atoms with E-state index in [0.717, 1.165) is 50.3 Å². The Morgan fingerprint density at radius 1 is 0.532 bits per heavy atom. The third-order valence-electron chi connectivity index (χ3n) is 10.2. The monoisotopic (exact) mass is 636 g/mol. The normalized spacial score (nSPS) is 17.9. The van der Waals surface area contributed by atoms with Crippen molar-refractivity contribution in [1.82, 2.24) is 9.80 Å². The van der Waals surface area contributed by atoms with E-state index >= 15 is 0 Å². The second kappa shape index (κ2) is 13.9. The van der Waals surface area contributed by atoms with E-state index in [9.17, 15) is 0 Å². The summed E-state index contributed by atoms with van der Waals surface area (Å²) in [4.78, 5) is 4.88. The predicted molar refractivity (Wildman–Crippen MR) is 187 cm³/mol. The second-order valence-corrected chi connectivity index (χ2v) is 13.0. The van der Waals surface area contributed by atoms with Gasteiger partial charge in [0.2, 0.25) is 0 Å². The van der Waals surface area contributed by atoms with Crippen molar-refractivity contribution < 1.29 is 23.7 Å². The molecule has 0 radical (unpaired) electrons. The van der Waals surface area contributed by atoms with Gasteiger partial charge in [0.25, 0.3) is 0 Å². The number of fused-ring (bicyclic) bond motifs is 2. The molecule has 2 aliphatic heterocycles. The average molecular weight is 637 g/mol. The van der Waals surface area contributed by atoms with Crippen molar-refractivity contribution in [3.8, 4) is 34.5 Å². The molecule has 0 fully saturated rings. The molecule has 2 aliphatic rings. The van der Waals surface area contributed by atoms with Crippen LogP contribution >= 0.6 is 0 Å². The Balaban J connectivity index is 1.21. The molecule has 0 spiro atoms. The molecule has 0 aromatic heterocycles. The lowest BCUT2D eigenvalue weighted by Gasteiger charge is -2.35. The van der Waals surface area contributed by atoms with Crippen LogP contribution < -0.4 is 23.7 Å². The van der Waals surface area contributed by atoms with E-state index in [1.807, 2.05) is 12.1 Å². The summed E-state index contributed by atoms with van der Waals surface area (Å²) < 4.78 is 29.4. The third-order valence-corrected chi connectivity index (χ3v) is 10.2. The summed E-state index contributed by atoms with van der Waals surface area (Å²) in [6, 6.07) is 22.0. The van der Waals surface area contributed by atoms with Crippen molar-refractivity contribution in [2.75, 3.05) is 55.6 Å². The molecule has 7 nitrogen and oxygen atoms in total. The molecule has 2 heterocycles. The topological polar surface area (TPSA) is 52.6 Å². The highest BCUT2D eigenvalue weighted by Crippen LogP contribution is 2.42. The Labute approximate surface area is 280 Å².